The molecule has 0 amide bonds. The van der Waals surface area contributed by atoms with Gasteiger partial charge in [0, 0.05) is 17.1 Å². The van der Waals surface area contributed by atoms with Crippen molar-refractivity contribution in [1.82, 2.24) is 9.55 Å². The Hall–Kier alpha value is -4.41. The van der Waals surface area contributed by atoms with Crippen LogP contribution in [0.25, 0.3) is 11.0 Å². The van der Waals surface area contributed by atoms with Crippen molar-refractivity contribution in [2.45, 2.75) is 18.1 Å². The summed E-state index contributed by atoms with van der Waals surface area (Å²) in [5, 5.41) is 12.8. The van der Waals surface area contributed by atoms with Crippen LogP contribution in [-0.4, -0.2) is 14.7 Å². The van der Waals surface area contributed by atoms with Crippen molar-refractivity contribution in [3.63, 3.8) is 0 Å². The van der Waals surface area contributed by atoms with Gasteiger partial charge in [0.2, 0.25) is 0 Å². The number of fused-ring (bicyclic) bond motifs is 1. The molecule has 0 spiro atoms. The molecule has 1 atom stereocenters. The van der Waals surface area contributed by atoms with Gasteiger partial charge in [0.1, 0.15) is 16.7 Å². The van der Waals surface area contributed by atoms with Gasteiger partial charge in [-0.1, -0.05) is 109 Å². The molecule has 0 aliphatic carbocycles. The zero-order valence-corrected chi connectivity index (χ0v) is 20.0. The molecule has 0 aliphatic rings. The first-order chi connectivity index (χ1) is 17.6. The van der Waals surface area contributed by atoms with E-state index in [2.05, 4.69) is 77.4 Å². The molecule has 0 radical (unpaired) electrons. The monoisotopic (exact) mass is 470 g/mol. The topological polar surface area (TPSA) is 51.2 Å². The Labute approximate surface area is 210 Å². The Bertz CT molecular complexity index is 1500. The summed E-state index contributed by atoms with van der Waals surface area (Å²) in [6.07, 6.45) is 5.42. The fourth-order valence-corrected chi connectivity index (χ4v) is 5.26. The molecule has 0 fully saturated rings. The predicted molar refractivity (Wildman–Crippen MR) is 142 cm³/mol. The van der Waals surface area contributed by atoms with Gasteiger partial charge < -0.3 is 14.1 Å². The molecule has 1 N–H and O–H groups in total. The van der Waals surface area contributed by atoms with Gasteiger partial charge in [-0.3, -0.25) is 0 Å². The van der Waals surface area contributed by atoms with Crippen molar-refractivity contribution in [3.05, 3.63) is 162 Å². The van der Waals surface area contributed by atoms with Gasteiger partial charge in [-0.05, 0) is 29.7 Å². The predicted octanol–water partition coefficient (Wildman–Crippen LogP) is 6.73. The highest BCUT2D eigenvalue weighted by molar-refractivity contribution is 5.81. The van der Waals surface area contributed by atoms with E-state index >= 15 is 0 Å². The van der Waals surface area contributed by atoms with Gasteiger partial charge >= 0.3 is 0 Å². The number of imidazole rings is 1. The van der Waals surface area contributed by atoms with E-state index in [1.165, 1.54) is 0 Å². The molecule has 2 aromatic heterocycles. The highest BCUT2D eigenvalue weighted by Crippen LogP contribution is 2.42. The Morgan fingerprint density at radius 2 is 1.25 bits per heavy atom. The number of hydrogen-bond donors (Lipinski definition) is 1. The first kappa shape index (κ1) is 22.1. The van der Waals surface area contributed by atoms with E-state index in [0.717, 1.165) is 22.1 Å². The molecule has 4 aromatic carbocycles. The number of hydrogen-bond acceptors (Lipinski definition) is 3. The lowest BCUT2D eigenvalue weighted by Crippen LogP contribution is -2.37. The summed E-state index contributed by atoms with van der Waals surface area (Å²) in [5.41, 5.74) is 3.12. The van der Waals surface area contributed by atoms with Crippen LogP contribution in [-0.2, 0) is 11.1 Å². The van der Waals surface area contributed by atoms with Crippen molar-refractivity contribution >= 4 is 11.0 Å². The SMILES string of the molecule is CC(O)(c1cn(C(c2ccccc2)(c2ccccc2)c2ccccc2)cn1)c1cccc2ccoc12. The summed E-state index contributed by atoms with van der Waals surface area (Å²) >= 11 is 0. The van der Waals surface area contributed by atoms with Crippen LogP contribution in [0.4, 0.5) is 0 Å². The summed E-state index contributed by atoms with van der Waals surface area (Å²) < 4.78 is 7.85. The molecule has 4 heteroatoms. The molecule has 0 saturated carbocycles. The average Bonchev–Trinajstić information content (AvgIpc) is 3.62. The lowest BCUT2D eigenvalue weighted by atomic mass is 9.76. The minimum atomic E-state index is -1.36. The Kier molecular flexibility index (Phi) is 5.32. The molecule has 2 heterocycles. The van der Waals surface area contributed by atoms with Crippen molar-refractivity contribution in [2.75, 3.05) is 0 Å². The largest absolute Gasteiger partial charge is 0.464 e. The quantitative estimate of drug-likeness (QED) is 0.275. The smallest absolute Gasteiger partial charge is 0.140 e. The Balaban J connectivity index is 1.61. The standard InChI is InChI=1S/C32H26N2O2/c1-31(35,28-19-11-12-24-20-21-36-30(24)28)29-22-34(23-33-29)32(25-13-5-2-6-14-25,26-15-7-3-8-16-26)27-17-9-4-10-18-27/h2-23,35H,1H3. The van der Waals surface area contributed by atoms with E-state index in [9.17, 15) is 5.11 Å². The highest BCUT2D eigenvalue weighted by Gasteiger charge is 2.40. The number of aliphatic hydroxyl groups is 1. The fourth-order valence-electron chi connectivity index (χ4n) is 5.26. The van der Waals surface area contributed by atoms with Crippen LogP contribution in [0.3, 0.4) is 0 Å². The number of furan rings is 1. The fraction of sp³-hybridized carbons (Fsp3) is 0.0938. The number of rotatable bonds is 6. The van der Waals surface area contributed by atoms with Crippen LogP contribution in [0.15, 0.2) is 138 Å². The second-order valence-electron chi connectivity index (χ2n) is 9.19. The van der Waals surface area contributed by atoms with Gasteiger partial charge in [0.15, 0.2) is 0 Å². The number of para-hydroxylation sites is 1. The zero-order valence-electron chi connectivity index (χ0n) is 20.0. The molecule has 6 rings (SSSR count). The van der Waals surface area contributed by atoms with E-state index in [0.29, 0.717) is 16.8 Å². The first-order valence-electron chi connectivity index (χ1n) is 12.0. The maximum Gasteiger partial charge on any atom is 0.140 e. The van der Waals surface area contributed by atoms with Crippen molar-refractivity contribution in [2.24, 2.45) is 0 Å². The normalized spacial score (nSPS) is 13.5. The number of benzene rings is 4. The molecule has 0 saturated heterocycles. The van der Waals surface area contributed by atoms with Crippen molar-refractivity contribution < 1.29 is 9.52 Å². The maximum atomic E-state index is 11.8. The van der Waals surface area contributed by atoms with Crippen LogP contribution >= 0.6 is 0 Å². The third kappa shape index (κ3) is 3.38. The minimum Gasteiger partial charge on any atom is -0.464 e. The third-order valence-electron chi connectivity index (χ3n) is 7.05. The molecule has 0 bridgehead atoms. The lowest BCUT2D eigenvalue weighted by molar-refractivity contribution is 0.0982. The second kappa shape index (κ2) is 8.67. The molecule has 4 nitrogen and oxygen atoms in total. The summed E-state index contributed by atoms with van der Waals surface area (Å²) in [5.74, 6) is 0. The molecule has 6 aromatic rings. The van der Waals surface area contributed by atoms with Crippen molar-refractivity contribution in [3.8, 4) is 0 Å². The molecule has 0 aliphatic heterocycles. The van der Waals surface area contributed by atoms with E-state index in [4.69, 9.17) is 9.40 Å². The lowest BCUT2D eigenvalue weighted by Gasteiger charge is -2.37. The Morgan fingerprint density at radius 3 is 1.81 bits per heavy atom. The average molecular weight is 471 g/mol. The van der Waals surface area contributed by atoms with Crippen LogP contribution in [0.2, 0.25) is 0 Å². The Morgan fingerprint density at radius 1 is 0.694 bits per heavy atom. The minimum absolute atomic E-state index is 0.540. The zero-order chi connectivity index (χ0) is 24.6. The van der Waals surface area contributed by atoms with Crippen molar-refractivity contribution in [1.29, 1.82) is 0 Å². The van der Waals surface area contributed by atoms with E-state index in [1.807, 2.05) is 55.0 Å². The van der Waals surface area contributed by atoms with Gasteiger partial charge in [-0.25, -0.2) is 4.98 Å². The number of nitrogens with zero attached hydrogens (tertiary/aromatic N) is 2. The summed E-state index contributed by atoms with van der Waals surface area (Å²) in [4.78, 5) is 4.77. The molecular formula is C32H26N2O2. The molecule has 1 unspecified atom stereocenters. The number of aromatic nitrogens is 2. The van der Waals surface area contributed by atoms with Gasteiger partial charge in [-0.2, -0.15) is 0 Å². The van der Waals surface area contributed by atoms with E-state index in [-0.39, 0.29) is 0 Å². The maximum absolute atomic E-state index is 11.8. The van der Waals surface area contributed by atoms with Crippen LogP contribution < -0.4 is 0 Å². The van der Waals surface area contributed by atoms with Gasteiger partial charge in [0.05, 0.1) is 18.3 Å². The van der Waals surface area contributed by atoms with Gasteiger partial charge in [0.25, 0.3) is 0 Å². The molecular weight excluding hydrogens is 444 g/mol. The van der Waals surface area contributed by atoms with Crippen LogP contribution in [0, 0.1) is 0 Å². The van der Waals surface area contributed by atoms with Crippen LogP contribution in [0.5, 0.6) is 0 Å². The second-order valence-corrected chi connectivity index (χ2v) is 9.19. The molecule has 36 heavy (non-hydrogen) atoms. The summed E-state index contributed by atoms with van der Waals surface area (Å²) in [6, 6.07) is 39.0. The highest BCUT2D eigenvalue weighted by atomic mass is 16.3. The van der Waals surface area contributed by atoms with Crippen LogP contribution in [0.1, 0.15) is 34.9 Å². The van der Waals surface area contributed by atoms with E-state index in [1.54, 1.807) is 13.2 Å². The third-order valence-corrected chi connectivity index (χ3v) is 7.05. The summed E-state index contributed by atoms with van der Waals surface area (Å²) in [7, 11) is 0. The van der Waals surface area contributed by atoms with E-state index < -0.39 is 11.1 Å². The summed E-state index contributed by atoms with van der Waals surface area (Å²) in [6.45, 7) is 1.77. The molecule has 176 valence electrons. The first-order valence-corrected chi connectivity index (χ1v) is 12.0. The van der Waals surface area contributed by atoms with Gasteiger partial charge in [-0.15, -0.1) is 0 Å².